The molecule has 4 rings (SSSR count). The van der Waals surface area contributed by atoms with Gasteiger partial charge in [0.05, 0.1) is 11.6 Å². The third kappa shape index (κ3) is 3.62. The molecule has 2 aromatic heterocycles. The van der Waals surface area contributed by atoms with Gasteiger partial charge in [-0.15, -0.1) is 0 Å². The minimum Gasteiger partial charge on any atom is -0.369 e. The first-order valence-corrected chi connectivity index (χ1v) is 9.30. The fraction of sp³-hybridized carbons (Fsp3) is 0.421. The van der Waals surface area contributed by atoms with Crippen molar-refractivity contribution in [2.24, 2.45) is 18.7 Å². The van der Waals surface area contributed by atoms with Crippen LogP contribution in [0, 0.1) is 5.92 Å². The molecule has 7 nitrogen and oxygen atoms in total. The van der Waals surface area contributed by atoms with Gasteiger partial charge in [0, 0.05) is 38.5 Å². The van der Waals surface area contributed by atoms with E-state index in [4.69, 9.17) is 5.73 Å². The molecule has 2 unspecified atom stereocenters. The molecule has 0 spiro atoms. The lowest BCUT2D eigenvalue weighted by molar-refractivity contribution is -0.126. The molecule has 0 saturated heterocycles. The number of rotatable bonds is 7. The first kappa shape index (κ1) is 18.5. The van der Waals surface area contributed by atoms with E-state index in [0.717, 1.165) is 5.56 Å². The zero-order valence-electron chi connectivity index (χ0n) is 15.6. The summed E-state index contributed by atoms with van der Waals surface area (Å²) in [5.41, 5.74) is 7.84. The third-order valence-electron chi connectivity index (χ3n) is 5.24. The summed E-state index contributed by atoms with van der Waals surface area (Å²) in [7, 11) is 1.78. The maximum atomic E-state index is 13.6. The van der Waals surface area contributed by atoms with E-state index >= 15 is 0 Å². The monoisotopic (exact) mass is 387 g/mol. The molecule has 9 heteroatoms. The molecule has 2 atom stereocenters. The second-order valence-electron chi connectivity index (χ2n) is 7.18. The van der Waals surface area contributed by atoms with E-state index in [1.54, 1.807) is 17.9 Å². The second kappa shape index (κ2) is 7.31. The Morgan fingerprint density at radius 1 is 1.25 bits per heavy atom. The van der Waals surface area contributed by atoms with Crippen LogP contribution in [0.3, 0.4) is 0 Å². The minimum atomic E-state index is -2.60. The number of hydrogen-bond acceptors (Lipinski definition) is 6. The molecule has 148 valence electrons. The Morgan fingerprint density at radius 3 is 2.71 bits per heavy atom. The average Bonchev–Trinajstić information content (AvgIpc) is 3.07. The molecule has 0 aliphatic heterocycles. The van der Waals surface area contributed by atoms with Crippen LogP contribution >= 0.6 is 0 Å². The minimum absolute atomic E-state index is 0.0460. The van der Waals surface area contributed by atoms with Crippen LogP contribution in [0.2, 0.25) is 0 Å². The van der Waals surface area contributed by atoms with Gasteiger partial charge in [0.15, 0.2) is 5.65 Å². The Labute approximate surface area is 161 Å². The van der Waals surface area contributed by atoms with Gasteiger partial charge in [-0.05, 0) is 12.0 Å². The van der Waals surface area contributed by atoms with Gasteiger partial charge in [0.2, 0.25) is 5.95 Å². The Morgan fingerprint density at radius 2 is 2.04 bits per heavy atom. The van der Waals surface area contributed by atoms with E-state index in [0.29, 0.717) is 35.8 Å². The molecular formula is C19H23F2N7. The molecule has 0 amide bonds. The van der Waals surface area contributed by atoms with Crippen LogP contribution in [0.4, 0.5) is 20.5 Å². The van der Waals surface area contributed by atoms with Crippen LogP contribution in [0.25, 0.3) is 11.0 Å². The molecular weight excluding hydrogens is 364 g/mol. The smallest absolute Gasteiger partial charge is 0.252 e. The SMILES string of the molecule is Cn1ncc2c(NCC3CCC3(F)F)nc(NCC(N)c3ccccc3)nc21. The molecule has 1 aliphatic rings. The van der Waals surface area contributed by atoms with Gasteiger partial charge in [-0.3, -0.25) is 4.68 Å². The molecule has 2 heterocycles. The van der Waals surface area contributed by atoms with Crippen molar-refractivity contribution in [3.63, 3.8) is 0 Å². The largest absolute Gasteiger partial charge is 0.369 e. The van der Waals surface area contributed by atoms with E-state index in [1.807, 2.05) is 30.3 Å². The molecule has 1 saturated carbocycles. The van der Waals surface area contributed by atoms with Gasteiger partial charge in [-0.25, -0.2) is 8.78 Å². The highest BCUT2D eigenvalue weighted by molar-refractivity contribution is 5.87. The summed E-state index contributed by atoms with van der Waals surface area (Å²) in [5, 5.41) is 11.1. The summed E-state index contributed by atoms with van der Waals surface area (Å²) in [6, 6.07) is 9.51. The number of hydrogen-bond donors (Lipinski definition) is 3. The van der Waals surface area contributed by atoms with Gasteiger partial charge >= 0.3 is 0 Å². The summed E-state index contributed by atoms with van der Waals surface area (Å²) >= 11 is 0. The number of aryl methyl sites for hydroxylation is 1. The standard InChI is InChI=1S/C19H23F2N7/c1-28-17-14(10-25-28)16(23-9-13-7-8-19(13,20)21)26-18(27-17)24-11-15(22)12-5-3-2-4-6-12/h2-6,10,13,15H,7-9,11,22H2,1H3,(H2,23,24,26,27). The van der Waals surface area contributed by atoms with Crippen LogP contribution in [0.5, 0.6) is 0 Å². The Balaban J connectivity index is 1.51. The molecule has 4 N–H and O–H groups in total. The Kier molecular flexibility index (Phi) is 4.84. The zero-order valence-corrected chi connectivity index (χ0v) is 15.6. The number of benzene rings is 1. The quantitative estimate of drug-likeness (QED) is 0.577. The molecule has 0 radical (unpaired) electrons. The highest BCUT2D eigenvalue weighted by Gasteiger charge is 2.47. The van der Waals surface area contributed by atoms with Crippen LogP contribution in [0.1, 0.15) is 24.4 Å². The number of fused-ring (bicyclic) bond motifs is 1. The van der Waals surface area contributed by atoms with Crippen LogP contribution in [-0.2, 0) is 7.05 Å². The summed E-state index contributed by atoms with van der Waals surface area (Å²) in [5.74, 6) is -2.39. The van der Waals surface area contributed by atoms with Crippen molar-refractivity contribution in [1.29, 1.82) is 0 Å². The van der Waals surface area contributed by atoms with Crippen LogP contribution in [0.15, 0.2) is 36.5 Å². The topological polar surface area (TPSA) is 93.7 Å². The van der Waals surface area contributed by atoms with Crippen LogP contribution < -0.4 is 16.4 Å². The zero-order chi connectivity index (χ0) is 19.7. The van der Waals surface area contributed by atoms with Crippen molar-refractivity contribution in [3.8, 4) is 0 Å². The molecule has 1 aliphatic carbocycles. The molecule has 3 aromatic rings. The second-order valence-corrected chi connectivity index (χ2v) is 7.18. The maximum Gasteiger partial charge on any atom is 0.252 e. The number of aromatic nitrogens is 4. The number of nitrogens with one attached hydrogen (secondary N) is 2. The summed E-state index contributed by atoms with van der Waals surface area (Å²) < 4.78 is 28.7. The first-order valence-electron chi connectivity index (χ1n) is 9.30. The van der Waals surface area contributed by atoms with Crippen molar-refractivity contribution in [2.45, 2.75) is 24.8 Å². The normalized spacial score (nSPS) is 19.2. The predicted octanol–water partition coefficient (Wildman–Crippen LogP) is 2.93. The van der Waals surface area contributed by atoms with Crippen molar-refractivity contribution in [1.82, 2.24) is 19.7 Å². The van der Waals surface area contributed by atoms with E-state index in [1.165, 1.54) is 0 Å². The van der Waals surface area contributed by atoms with E-state index in [9.17, 15) is 8.78 Å². The van der Waals surface area contributed by atoms with Crippen molar-refractivity contribution >= 4 is 22.8 Å². The number of alkyl halides is 2. The van der Waals surface area contributed by atoms with E-state index in [2.05, 4.69) is 25.7 Å². The lowest BCUT2D eigenvalue weighted by Gasteiger charge is -2.36. The highest BCUT2D eigenvalue weighted by Crippen LogP contribution is 2.43. The van der Waals surface area contributed by atoms with Gasteiger partial charge < -0.3 is 16.4 Å². The Bertz CT molecular complexity index is 958. The predicted molar refractivity (Wildman–Crippen MR) is 104 cm³/mol. The van der Waals surface area contributed by atoms with E-state index < -0.39 is 11.8 Å². The number of nitrogens with two attached hydrogens (primary N) is 1. The number of halogens is 2. The molecule has 0 bridgehead atoms. The van der Waals surface area contributed by atoms with Gasteiger partial charge in [0.1, 0.15) is 5.82 Å². The number of anilines is 2. The molecule has 1 fully saturated rings. The molecule has 28 heavy (non-hydrogen) atoms. The lowest BCUT2D eigenvalue weighted by Crippen LogP contribution is -2.42. The number of nitrogens with zero attached hydrogens (tertiary/aromatic N) is 4. The summed E-state index contributed by atoms with van der Waals surface area (Å²) in [6.07, 6.45) is 2.10. The van der Waals surface area contributed by atoms with Gasteiger partial charge in [-0.2, -0.15) is 15.1 Å². The lowest BCUT2D eigenvalue weighted by atomic mass is 9.81. The van der Waals surface area contributed by atoms with Gasteiger partial charge in [-0.1, -0.05) is 30.3 Å². The maximum absolute atomic E-state index is 13.6. The van der Waals surface area contributed by atoms with Crippen molar-refractivity contribution < 1.29 is 8.78 Å². The molecule has 1 aromatic carbocycles. The van der Waals surface area contributed by atoms with Crippen LogP contribution in [-0.4, -0.2) is 38.8 Å². The highest BCUT2D eigenvalue weighted by atomic mass is 19.3. The van der Waals surface area contributed by atoms with E-state index in [-0.39, 0.29) is 19.0 Å². The first-order chi connectivity index (χ1) is 13.4. The average molecular weight is 387 g/mol. The summed E-state index contributed by atoms with van der Waals surface area (Å²) in [6.45, 7) is 0.602. The third-order valence-corrected chi connectivity index (χ3v) is 5.24. The fourth-order valence-electron chi connectivity index (χ4n) is 3.29. The van der Waals surface area contributed by atoms with Crippen molar-refractivity contribution in [2.75, 3.05) is 23.7 Å². The fourth-order valence-corrected chi connectivity index (χ4v) is 3.29. The van der Waals surface area contributed by atoms with Gasteiger partial charge in [0.25, 0.3) is 5.92 Å². The summed E-state index contributed by atoms with van der Waals surface area (Å²) in [4.78, 5) is 8.96. The van der Waals surface area contributed by atoms with Crippen molar-refractivity contribution in [3.05, 3.63) is 42.1 Å². The Hall–Kier alpha value is -2.81.